The van der Waals surface area contributed by atoms with Gasteiger partial charge in [-0.05, 0) is 38.5 Å². The summed E-state index contributed by atoms with van der Waals surface area (Å²) in [5, 5.41) is 11.8. The van der Waals surface area contributed by atoms with Gasteiger partial charge in [0.15, 0.2) is 12.4 Å². The molecule has 2 unspecified atom stereocenters. The second-order valence-corrected chi connectivity index (χ2v) is 27.7. The Bertz CT molecular complexity index is 1410. The van der Waals surface area contributed by atoms with Crippen molar-refractivity contribution in [2.24, 2.45) is 0 Å². The van der Waals surface area contributed by atoms with Crippen molar-refractivity contribution < 1.29 is 42.9 Å². The van der Waals surface area contributed by atoms with Crippen molar-refractivity contribution in [1.82, 2.24) is 0 Å². The van der Waals surface area contributed by atoms with E-state index in [1.807, 2.05) is 21.1 Å². The number of esters is 2. The smallest absolute Gasteiger partial charge is 0.306 e. The summed E-state index contributed by atoms with van der Waals surface area (Å²) in [6.07, 6.45) is 81.9. The van der Waals surface area contributed by atoms with Gasteiger partial charge < -0.3 is 33.3 Å². The van der Waals surface area contributed by atoms with Gasteiger partial charge in [0.25, 0.3) is 0 Å². The SMILES string of the molecule is CCCCCCCCCC/C=C\CCCCCCCCCCCCCCCCCCCCCCCCCCCCCC(=O)OC(COC(=O)CCCCCCCCCCCCCCCCCCCCCCCC)COC(OCC[N+](C)(C)C)C(=O)[O-]. The van der Waals surface area contributed by atoms with E-state index in [2.05, 4.69) is 26.0 Å². The van der Waals surface area contributed by atoms with Crippen LogP contribution in [0.2, 0.25) is 0 Å². The molecule has 9 heteroatoms. The van der Waals surface area contributed by atoms with Crippen LogP contribution >= 0.6 is 0 Å². The Kier molecular flexibility index (Phi) is 67.4. The number of nitrogens with zero attached hydrogens (tertiary/aromatic N) is 1. The quantitative estimate of drug-likeness (QED) is 0.0195. The molecule has 0 aromatic heterocycles. The molecule has 0 rings (SSSR count). The molecular formula is C77H149NO8. The summed E-state index contributed by atoms with van der Waals surface area (Å²) >= 11 is 0. The first-order valence-corrected chi connectivity index (χ1v) is 38.3. The molecule has 0 heterocycles. The Morgan fingerprint density at radius 1 is 0.337 bits per heavy atom. The maximum atomic E-state index is 12.9. The van der Waals surface area contributed by atoms with Crippen molar-refractivity contribution in [1.29, 1.82) is 0 Å². The molecule has 0 spiro atoms. The van der Waals surface area contributed by atoms with Crippen molar-refractivity contribution in [3.63, 3.8) is 0 Å². The Hall–Kier alpha value is -1.97. The molecule has 0 aromatic carbocycles. The van der Waals surface area contributed by atoms with E-state index in [1.54, 1.807) is 0 Å². The van der Waals surface area contributed by atoms with Crippen LogP contribution in [0.5, 0.6) is 0 Å². The average Bonchev–Trinajstić information content (AvgIpc) is 3.63. The standard InChI is InChI=1S/C77H149NO8/c1-6-8-10-12-14-16-18-20-22-24-26-28-30-31-32-33-34-35-36-37-38-39-40-41-42-43-44-45-46-48-50-52-54-56-58-60-62-64-66-68-75(80)86-73(72-85-77(76(81)82)83-70-69-78(3,4)5)71-84-74(79)67-65-63-61-59-57-55-53-51-49-47-29-27-25-23-21-19-17-15-13-11-9-7-2/h24,26,73,77H,6-23,25,27-72H2,1-5H3/b26-24-. The second kappa shape index (κ2) is 68.9. The van der Waals surface area contributed by atoms with E-state index in [0.29, 0.717) is 17.4 Å². The molecule has 0 radical (unpaired) electrons. The summed E-state index contributed by atoms with van der Waals surface area (Å²) in [4.78, 5) is 37.5. The maximum Gasteiger partial charge on any atom is 0.306 e. The number of carbonyl (C=O) groups excluding carboxylic acids is 3. The molecule has 0 saturated heterocycles. The third-order valence-corrected chi connectivity index (χ3v) is 17.8. The Balaban J connectivity index is 3.93. The molecule has 0 aliphatic carbocycles. The van der Waals surface area contributed by atoms with E-state index in [9.17, 15) is 19.5 Å². The molecule has 86 heavy (non-hydrogen) atoms. The number of aliphatic carboxylic acids is 1. The molecule has 0 amide bonds. The first-order valence-electron chi connectivity index (χ1n) is 38.3. The van der Waals surface area contributed by atoms with Crippen LogP contribution in [0.3, 0.4) is 0 Å². The van der Waals surface area contributed by atoms with Crippen molar-refractivity contribution in [2.45, 2.75) is 418 Å². The first kappa shape index (κ1) is 84.0. The molecule has 0 bridgehead atoms. The Morgan fingerprint density at radius 3 is 0.860 bits per heavy atom. The fraction of sp³-hybridized carbons (Fsp3) is 0.935. The van der Waals surface area contributed by atoms with E-state index in [-0.39, 0.29) is 32.2 Å². The lowest BCUT2D eigenvalue weighted by molar-refractivity contribution is -0.870. The highest BCUT2D eigenvalue weighted by Crippen LogP contribution is 2.20. The highest BCUT2D eigenvalue weighted by atomic mass is 16.7. The summed E-state index contributed by atoms with van der Waals surface area (Å²) in [7, 11) is 5.95. The fourth-order valence-corrected chi connectivity index (χ4v) is 11.9. The number of carboxylic acid groups (broad SMARTS) is 1. The van der Waals surface area contributed by atoms with Crippen LogP contribution in [0.1, 0.15) is 406 Å². The molecule has 0 N–H and O–H groups in total. The zero-order valence-corrected chi connectivity index (χ0v) is 58.5. The van der Waals surface area contributed by atoms with Crippen molar-refractivity contribution in [3.05, 3.63) is 12.2 Å². The molecular weight excluding hydrogens is 1070 g/mol. The van der Waals surface area contributed by atoms with Crippen LogP contribution in [-0.4, -0.2) is 82.3 Å². The number of hydrogen-bond donors (Lipinski definition) is 0. The number of likely N-dealkylation sites (N-methyl/N-ethyl adjacent to an activating group) is 1. The van der Waals surface area contributed by atoms with Crippen molar-refractivity contribution in [3.8, 4) is 0 Å². The number of unbranched alkanes of at least 4 members (excludes halogenated alkanes) is 56. The van der Waals surface area contributed by atoms with Gasteiger partial charge in [0.05, 0.1) is 40.3 Å². The topological polar surface area (TPSA) is 111 Å². The summed E-state index contributed by atoms with van der Waals surface area (Å²) in [6, 6.07) is 0. The molecule has 0 aliphatic rings. The third-order valence-electron chi connectivity index (χ3n) is 17.8. The van der Waals surface area contributed by atoms with Gasteiger partial charge in [-0.3, -0.25) is 9.59 Å². The molecule has 0 aliphatic heterocycles. The van der Waals surface area contributed by atoms with Gasteiger partial charge in [-0.15, -0.1) is 0 Å². The summed E-state index contributed by atoms with van der Waals surface area (Å²) < 4.78 is 22.9. The number of rotatable bonds is 73. The zero-order valence-electron chi connectivity index (χ0n) is 58.5. The highest BCUT2D eigenvalue weighted by molar-refractivity contribution is 5.70. The van der Waals surface area contributed by atoms with E-state index in [4.69, 9.17) is 18.9 Å². The largest absolute Gasteiger partial charge is 0.545 e. The van der Waals surface area contributed by atoms with Crippen molar-refractivity contribution >= 4 is 17.9 Å². The van der Waals surface area contributed by atoms with Crippen molar-refractivity contribution in [2.75, 3.05) is 47.5 Å². The van der Waals surface area contributed by atoms with Gasteiger partial charge in [0.1, 0.15) is 13.2 Å². The van der Waals surface area contributed by atoms with Gasteiger partial charge in [0.2, 0.25) is 0 Å². The van der Waals surface area contributed by atoms with Crippen LogP contribution in [-0.2, 0) is 33.3 Å². The summed E-state index contributed by atoms with van der Waals surface area (Å²) in [6.45, 7) is 4.84. The fourth-order valence-electron chi connectivity index (χ4n) is 11.9. The Morgan fingerprint density at radius 2 is 0.593 bits per heavy atom. The normalized spacial score (nSPS) is 12.6. The van der Waals surface area contributed by atoms with Crippen LogP contribution in [0.15, 0.2) is 12.2 Å². The van der Waals surface area contributed by atoms with E-state index in [0.717, 1.165) is 38.5 Å². The number of carbonyl (C=O) groups is 3. The monoisotopic (exact) mass is 1220 g/mol. The maximum absolute atomic E-state index is 12.9. The van der Waals surface area contributed by atoms with E-state index >= 15 is 0 Å². The van der Waals surface area contributed by atoms with Crippen LogP contribution in [0, 0.1) is 0 Å². The number of hydrogen-bond acceptors (Lipinski definition) is 8. The molecule has 0 fully saturated rings. The zero-order chi connectivity index (χ0) is 62.6. The van der Waals surface area contributed by atoms with Gasteiger partial charge in [0, 0.05) is 12.8 Å². The predicted octanol–water partition coefficient (Wildman–Crippen LogP) is 22.6. The number of quaternary nitrogens is 1. The minimum atomic E-state index is -1.62. The number of allylic oxidation sites excluding steroid dienone is 2. The van der Waals surface area contributed by atoms with Gasteiger partial charge in [-0.1, -0.05) is 366 Å². The highest BCUT2D eigenvalue weighted by Gasteiger charge is 2.22. The third kappa shape index (κ3) is 69.5. The number of carboxylic acids is 1. The predicted molar refractivity (Wildman–Crippen MR) is 367 cm³/mol. The molecule has 0 saturated carbocycles. The lowest BCUT2D eigenvalue weighted by atomic mass is 10.0. The lowest BCUT2D eigenvalue weighted by Crippen LogP contribution is -2.44. The Labute approximate surface area is 535 Å². The molecule has 2 atom stereocenters. The minimum Gasteiger partial charge on any atom is -0.545 e. The molecule has 510 valence electrons. The average molecular weight is 1220 g/mol. The van der Waals surface area contributed by atoms with Gasteiger partial charge in [-0.25, -0.2) is 0 Å². The lowest BCUT2D eigenvalue weighted by Gasteiger charge is -2.26. The molecule has 9 nitrogen and oxygen atoms in total. The van der Waals surface area contributed by atoms with Crippen LogP contribution in [0.25, 0.3) is 0 Å². The van der Waals surface area contributed by atoms with Crippen LogP contribution < -0.4 is 5.11 Å². The minimum absolute atomic E-state index is 0.153. The molecule has 0 aromatic rings. The number of ether oxygens (including phenoxy) is 4. The first-order chi connectivity index (χ1) is 42.1. The van der Waals surface area contributed by atoms with Crippen LogP contribution in [0.4, 0.5) is 0 Å². The van der Waals surface area contributed by atoms with E-state index < -0.39 is 24.3 Å². The second-order valence-electron chi connectivity index (χ2n) is 27.7. The van der Waals surface area contributed by atoms with Gasteiger partial charge in [-0.2, -0.15) is 0 Å². The van der Waals surface area contributed by atoms with E-state index in [1.165, 1.54) is 340 Å². The summed E-state index contributed by atoms with van der Waals surface area (Å²) in [5.74, 6) is -2.24. The van der Waals surface area contributed by atoms with Gasteiger partial charge >= 0.3 is 11.9 Å². The summed E-state index contributed by atoms with van der Waals surface area (Å²) in [5.41, 5.74) is 0.